The van der Waals surface area contributed by atoms with Crippen LogP contribution in [0.2, 0.25) is 0 Å². The van der Waals surface area contributed by atoms with E-state index in [0.29, 0.717) is 29.3 Å². The molecule has 0 saturated heterocycles. The number of amides is 2. The number of rotatable bonds is 7. The zero-order valence-electron chi connectivity index (χ0n) is 16.4. The van der Waals surface area contributed by atoms with E-state index in [1.165, 1.54) is 6.26 Å². The molecule has 0 saturated carbocycles. The highest BCUT2D eigenvalue weighted by Crippen LogP contribution is 2.20. The minimum absolute atomic E-state index is 0.192. The monoisotopic (exact) mass is 413 g/mol. The van der Waals surface area contributed by atoms with E-state index in [0.717, 1.165) is 5.56 Å². The molecule has 2 aromatic carbocycles. The maximum atomic E-state index is 12.4. The number of anilines is 1. The molecule has 2 aromatic heterocycles. The fraction of sp³-hybridized carbons (Fsp3) is 0.0417. The Kier molecular flexibility index (Phi) is 6.04. The van der Waals surface area contributed by atoms with Gasteiger partial charge in [0, 0.05) is 24.0 Å². The van der Waals surface area contributed by atoms with Crippen LogP contribution < -0.4 is 15.4 Å². The molecule has 0 unspecified atom stereocenters. The summed E-state index contributed by atoms with van der Waals surface area (Å²) >= 11 is 0. The van der Waals surface area contributed by atoms with E-state index in [-0.39, 0.29) is 17.6 Å². The molecule has 7 heteroatoms. The van der Waals surface area contributed by atoms with Gasteiger partial charge in [-0.3, -0.25) is 14.6 Å². The quantitative estimate of drug-likeness (QED) is 0.460. The molecule has 0 bridgehead atoms. The summed E-state index contributed by atoms with van der Waals surface area (Å²) in [5, 5.41) is 5.62. The van der Waals surface area contributed by atoms with Gasteiger partial charge in [0.2, 0.25) is 0 Å². The van der Waals surface area contributed by atoms with Crippen molar-refractivity contribution in [3.05, 3.63) is 108 Å². The summed E-state index contributed by atoms with van der Waals surface area (Å²) in [6.45, 7) is 0.360. The van der Waals surface area contributed by atoms with Crippen LogP contribution in [0.15, 0.2) is 95.9 Å². The highest BCUT2D eigenvalue weighted by atomic mass is 16.5. The predicted molar refractivity (Wildman–Crippen MR) is 115 cm³/mol. The second-order valence-electron chi connectivity index (χ2n) is 6.63. The Morgan fingerprint density at radius 3 is 2.35 bits per heavy atom. The summed E-state index contributed by atoms with van der Waals surface area (Å²) in [6.07, 6.45) is 4.74. The van der Waals surface area contributed by atoms with Crippen LogP contribution in [0.1, 0.15) is 26.5 Å². The van der Waals surface area contributed by atoms with E-state index in [4.69, 9.17) is 9.15 Å². The Labute approximate surface area is 178 Å². The van der Waals surface area contributed by atoms with Gasteiger partial charge >= 0.3 is 0 Å². The van der Waals surface area contributed by atoms with E-state index >= 15 is 0 Å². The second-order valence-corrected chi connectivity index (χ2v) is 6.63. The van der Waals surface area contributed by atoms with E-state index in [1.807, 2.05) is 12.1 Å². The van der Waals surface area contributed by atoms with Crippen molar-refractivity contribution in [3.8, 4) is 11.5 Å². The standard InChI is InChI=1S/C24H19N3O4/c28-23(18-7-11-20(12-8-18)31-21-3-1-13-25-16-21)26-15-17-5-9-19(10-6-17)27-24(29)22-4-2-14-30-22/h1-14,16H,15H2,(H,26,28)(H,27,29). The molecule has 0 atom stereocenters. The molecule has 0 aliphatic rings. The average molecular weight is 413 g/mol. The summed E-state index contributed by atoms with van der Waals surface area (Å²) in [6, 6.07) is 20.9. The van der Waals surface area contributed by atoms with Crippen LogP contribution in [-0.4, -0.2) is 16.8 Å². The number of carbonyl (C=O) groups excluding carboxylic acids is 2. The van der Waals surface area contributed by atoms with Crippen molar-refractivity contribution in [2.75, 3.05) is 5.32 Å². The Morgan fingerprint density at radius 2 is 1.68 bits per heavy atom. The number of pyridine rings is 1. The largest absolute Gasteiger partial charge is 0.459 e. The number of aromatic nitrogens is 1. The zero-order valence-corrected chi connectivity index (χ0v) is 16.4. The van der Waals surface area contributed by atoms with Crippen molar-refractivity contribution < 1.29 is 18.7 Å². The molecule has 7 nitrogen and oxygen atoms in total. The predicted octanol–water partition coefficient (Wildman–Crippen LogP) is 4.65. The second kappa shape index (κ2) is 9.41. The van der Waals surface area contributed by atoms with Crippen molar-refractivity contribution in [2.24, 2.45) is 0 Å². The van der Waals surface area contributed by atoms with Crippen LogP contribution in [0.25, 0.3) is 0 Å². The third-order valence-electron chi connectivity index (χ3n) is 4.40. The number of hydrogen-bond donors (Lipinski definition) is 2. The first-order chi connectivity index (χ1) is 15.2. The zero-order chi connectivity index (χ0) is 21.5. The van der Waals surface area contributed by atoms with Gasteiger partial charge in [-0.05, 0) is 66.2 Å². The molecule has 0 spiro atoms. The topological polar surface area (TPSA) is 93.5 Å². The van der Waals surface area contributed by atoms with Crippen molar-refractivity contribution in [1.82, 2.24) is 10.3 Å². The van der Waals surface area contributed by atoms with Gasteiger partial charge in [-0.1, -0.05) is 12.1 Å². The Hall–Kier alpha value is -4.39. The Morgan fingerprint density at radius 1 is 0.871 bits per heavy atom. The highest BCUT2D eigenvalue weighted by Gasteiger charge is 2.09. The van der Waals surface area contributed by atoms with Crippen LogP contribution >= 0.6 is 0 Å². The number of furan rings is 1. The third-order valence-corrected chi connectivity index (χ3v) is 4.40. The van der Waals surface area contributed by atoms with Gasteiger partial charge in [-0.25, -0.2) is 0 Å². The lowest BCUT2D eigenvalue weighted by atomic mass is 10.1. The SMILES string of the molecule is O=C(NCc1ccc(NC(=O)c2ccco2)cc1)c1ccc(Oc2cccnc2)cc1. The van der Waals surface area contributed by atoms with Gasteiger partial charge in [0.25, 0.3) is 11.8 Å². The number of nitrogens with one attached hydrogen (secondary N) is 2. The van der Waals surface area contributed by atoms with Crippen LogP contribution in [0.3, 0.4) is 0 Å². The van der Waals surface area contributed by atoms with Gasteiger partial charge in [-0.2, -0.15) is 0 Å². The molecule has 154 valence electrons. The Balaban J connectivity index is 1.28. The van der Waals surface area contributed by atoms with E-state index < -0.39 is 0 Å². The summed E-state index contributed by atoms with van der Waals surface area (Å²) in [4.78, 5) is 28.4. The minimum atomic E-state index is -0.318. The molecule has 0 radical (unpaired) electrons. The van der Waals surface area contributed by atoms with Crippen molar-refractivity contribution in [1.29, 1.82) is 0 Å². The number of carbonyl (C=O) groups is 2. The normalized spacial score (nSPS) is 10.3. The highest BCUT2D eigenvalue weighted by molar-refractivity contribution is 6.02. The first-order valence-electron chi connectivity index (χ1n) is 9.57. The first kappa shape index (κ1) is 19.9. The van der Waals surface area contributed by atoms with E-state index in [9.17, 15) is 9.59 Å². The molecule has 31 heavy (non-hydrogen) atoms. The fourth-order valence-electron chi connectivity index (χ4n) is 2.81. The molecule has 4 rings (SSSR count). The minimum Gasteiger partial charge on any atom is -0.459 e. The van der Waals surface area contributed by atoms with Crippen LogP contribution in [0.4, 0.5) is 5.69 Å². The van der Waals surface area contributed by atoms with Gasteiger partial charge in [0.15, 0.2) is 5.76 Å². The van der Waals surface area contributed by atoms with Gasteiger partial charge in [-0.15, -0.1) is 0 Å². The number of nitrogens with zero attached hydrogens (tertiary/aromatic N) is 1. The summed E-state index contributed by atoms with van der Waals surface area (Å²) in [5.41, 5.74) is 2.07. The van der Waals surface area contributed by atoms with Crippen LogP contribution in [0.5, 0.6) is 11.5 Å². The fourth-order valence-corrected chi connectivity index (χ4v) is 2.81. The molecule has 0 aliphatic carbocycles. The third kappa shape index (κ3) is 5.36. The smallest absolute Gasteiger partial charge is 0.291 e. The molecule has 2 amide bonds. The maximum Gasteiger partial charge on any atom is 0.291 e. The molecule has 2 heterocycles. The lowest BCUT2D eigenvalue weighted by Crippen LogP contribution is -2.22. The summed E-state index contributed by atoms with van der Waals surface area (Å²) in [5.74, 6) is 0.985. The van der Waals surface area contributed by atoms with Crippen molar-refractivity contribution in [2.45, 2.75) is 6.54 Å². The van der Waals surface area contributed by atoms with Crippen molar-refractivity contribution in [3.63, 3.8) is 0 Å². The van der Waals surface area contributed by atoms with Gasteiger partial charge in [0.05, 0.1) is 12.5 Å². The lowest BCUT2D eigenvalue weighted by molar-refractivity contribution is 0.0949. The van der Waals surface area contributed by atoms with Gasteiger partial charge in [0.1, 0.15) is 11.5 Å². The molecule has 4 aromatic rings. The van der Waals surface area contributed by atoms with Crippen LogP contribution in [0, 0.1) is 0 Å². The number of hydrogen-bond acceptors (Lipinski definition) is 5. The molecular weight excluding hydrogens is 394 g/mol. The average Bonchev–Trinajstić information content (AvgIpc) is 3.35. The Bertz CT molecular complexity index is 1140. The van der Waals surface area contributed by atoms with E-state index in [2.05, 4.69) is 15.6 Å². The van der Waals surface area contributed by atoms with E-state index in [1.54, 1.807) is 73.1 Å². The molecular formula is C24H19N3O4. The first-order valence-corrected chi connectivity index (χ1v) is 9.57. The van der Waals surface area contributed by atoms with Gasteiger partial charge < -0.3 is 19.8 Å². The molecule has 0 aliphatic heterocycles. The molecule has 2 N–H and O–H groups in total. The lowest BCUT2D eigenvalue weighted by Gasteiger charge is -2.08. The maximum absolute atomic E-state index is 12.4. The summed E-state index contributed by atoms with van der Waals surface area (Å²) < 4.78 is 10.7. The summed E-state index contributed by atoms with van der Waals surface area (Å²) in [7, 11) is 0. The number of benzene rings is 2. The number of ether oxygens (including phenoxy) is 1. The molecule has 0 fully saturated rings. The van der Waals surface area contributed by atoms with Crippen molar-refractivity contribution >= 4 is 17.5 Å². The van der Waals surface area contributed by atoms with Crippen LogP contribution in [-0.2, 0) is 6.54 Å².